The van der Waals surface area contributed by atoms with Crippen molar-refractivity contribution in [1.82, 2.24) is 9.13 Å². The summed E-state index contributed by atoms with van der Waals surface area (Å²) in [5.74, 6) is 0. The van der Waals surface area contributed by atoms with Crippen LogP contribution in [0.2, 0.25) is 0 Å². The molecule has 0 unspecified atom stereocenters. The average molecular weight is 367 g/mol. The predicted octanol–water partition coefficient (Wildman–Crippen LogP) is 3.38. The van der Waals surface area contributed by atoms with Crippen LogP contribution in [0.4, 0.5) is 0 Å². The predicted molar refractivity (Wildman–Crippen MR) is 109 cm³/mol. The molecule has 0 bridgehead atoms. The third kappa shape index (κ3) is 2.81. The first-order valence-electron chi connectivity index (χ1n) is 8.90. The van der Waals surface area contributed by atoms with E-state index >= 15 is 0 Å². The molecule has 0 spiro atoms. The van der Waals surface area contributed by atoms with E-state index in [1.807, 2.05) is 31.2 Å². The van der Waals surface area contributed by atoms with Gasteiger partial charge in [-0.3, -0.25) is 9.36 Å². The Kier molecular flexibility index (Phi) is 4.38. The van der Waals surface area contributed by atoms with E-state index in [-0.39, 0.29) is 12.1 Å². The summed E-state index contributed by atoms with van der Waals surface area (Å²) >= 11 is 0. The Morgan fingerprint density at radius 1 is 0.893 bits per heavy atom. The van der Waals surface area contributed by atoms with E-state index in [1.54, 1.807) is 53.1 Å². The first kappa shape index (κ1) is 17.5. The molecule has 136 valence electrons. The van der Waals surface area contributed by atoms with Crippen LogP contribution in [0.5, 0.6) is 0 Å². The van der Waals surface area contributed by atoms with Crippen LogP contribution < -0.4 is 11.2 Å². The van der Waals surface area contributed by atoms with E-state index < -0.39 is 5.69 Å². The minimum atomic E-state index is -0.425. The van der Waals surface area contributed by atoms with Crippen LogP contribution in [0.25, 0.3) is 16.6 Å². The second kappa shape index (κ2) is 7.01. The third-order valence-corrected chi connectivity index (χ3v) is 4.87. The molecule has 1 aromatic heterocycles. The SMILES string of the molecule is Cc1ccccc1-n1c(=O)c2ccccc2n(Cc2ccccc2C#N)c1=O. The van der Waals surface area contributed by atoms with Crippen molar-refractivity contribution < 1.29 is 0 Å². The summed E-state index contributed by atoms with van der Waals surface area (Å²) in [6.07, 6.45) is 0. The molecule has 0 aliphatic rings. The summed E-state index contributed by atoms with van der Waals surface area (Å²) in [4.78, 5) is 26.5. The molecule has 0 aliphatic carbocycles. The molecule has 0 saturated carbocycles. The normalized spacial score (nSPS) is 10.7. The quantitative estimate of drug-likeness (QED) is 0.557. The number of aromatic nitrogens is 2. The van der Waals surface area contributed by atoms with E-state index in [1.165, 1.54) is 4.57 Å². The summed E-state index contributed by atoms with van der Waals surface area (Å²) in [6.45, 7) is 2.07. The van der Waals surface area contributed by atoms with Gasteiger partial charge in [-0.1, -0.05) is 48.5 Å². The largest absolute Gasteiger partial charge is 0.336 e. The van der Waals surface area contributed by atoms with E-state index in [2.05, 4.69) is 6.07 Å². The highest BCUT2D eigenvalue weighted by atomic mass is 16.2. The van der Waals surface area contributed by atoms with Gasteiger partial charge in [0.05, 0.1) is 34.8 Å². The Morgan fingerprint density at radius 3 is 2.36 bits per heavy atom. The highest BCUT2D eigenvalue weighted by Gasteiger charge is 2.16. The van der Waals surface area contributed by atoms with Crippen LogP contribution in [0.1, 0.15) is 16.7 Å². The lowest BCUT2D eigenvalue weighted by molar-refractivity contribution is 0.712. The van der Waals surface area contributed by atoms with Crippen molar-refractivity contribution in [3.63, 3.8) is 0 Å². The highest BCUT2D eigenvalue weighted by Crippen LogP contribution is 2.15. The van der Waals surface area contributed by atoms with Crippen molar-refractivity contribution in [1.29, 1.82) is 5.26 Å². The average Bonchev–Trinajstić information content (AvgIpc) is 2.73. The van der Waals surface area contributed by atoms with Crippen molar-refractivity contribution in [2.75, 3.05) is 0 Å². The van der Waals surface area contributed by atoms with Crippen molar-refractivity contribution in [2.24, 2.45) is 0 Å². The van der Waals surface area contributed by atoms with Gasteiger partial charge in [-0.25, -0.2) is 9.36 Å². The fourth-order valence-electron chi connectivity index (χ4n) is 3.44. The Bertz CT molecular complexity index is 1360. The second-order valence-corrected chi connectivity index (χ2v) is 6.58. The maximum absolute atomic E-state index is 13.4. The van der Waals surface area contributed by atoms with Gasteiger partial charge in [0.15, 0.2) is 0 Å². The zero-order valence-electron chi connectivity index (χ0n) is 15.3. The molecular weight excluding hydrogens is 350 g/mol. The number of hydrogen-bond acceptors (Lipinski definition) is 3. The van der Waals surface area contributed by atoms with Gasteiger partial charge in [-0.2, -0.15) is 5.26 Å². The summed E-state index contributed by atoms with van der Waals surface area (Å²) in [5, 5.41) is 9.86. The van der Waals surface area contributed by atoms with Crippen molar-refractivity contribution >= 4 is 10.9 Å². The minimum absolute atomic E-state index is 0.204. The molecule has 0 radical (unpaired) electrons. The van der Waals surface area contributed by atoms with Crippen LogP contribution in [-0.4, -0.2) is 9.13 Å². The highest BCUT2D eigenvalue weighted by molar-refractivity contribution is 5.78. The molecule has 28 heavy (non-hydrogen) atoms. The van der Waals surface area contributed by atoms with Crippen molar-refractivity contribution in [3.8, 4) is 11.8 Å². The molecular formula is C23H17N3O2. The number of fused-ring (bicyclic) bond motifs is 1. The maximum atomic E-state index is 13.4. The first-order valence-corrected chi connectivity index (χ1v) is 8.90. The number of rotatable bonds is 3. The van der Waals surface area contributed by atoms with Gasteiger partial charge in [0.2, 0.25) is 0 Å². The molecule has 4 rings (SSSR count). The molecule has 4 aromatic rings. The van der Waals surface area contributed by atoms with E-state index in [4.69, 9.17) is 0 Å². The molecule has 0 fully saturated rings. The molecule has 0 N–H and O–H groups in total. The van der Waals surface area contributed by atoms with Gasteiger partial charge in [0.1, 0.15) is 0 Å². The zero-order valence-corrected chi connectivity index (χ0v) is 15.3. The fourth-order valence-corrected chi connectivity index (χ4v) is 3.44. The van der Waals surface area contributed by atoms with Gasteiger partial charge in [0, 0.05) is 0 Å². The third-order valence-electron chi connectivity index (χ3n) is 4.87. The number of para-hydroxylation sites is 2. The summed E-state index contributed by atoms with van der Waals surface area (Å²) < 4.78 is 2.77. The molecule has 0 saturated heterocycles. The number of benzene rings is 3. The van der Waals surface area contributed by atoms with Crippen LogP contribution >= 0.6 is 0 Å². The molecule has 0 amide bonds. The molecule has 5 nitrogen and oxygen atoms in total. The van der Waals surface area contributed by atoms with E-state index in [0.717, 1.165) is 11.1 Å². The van der Waals surface area contributed by atoms with Gasteiger partial charge in [-0.05, 0) is 42.3 Å². The van der Waals surface area contributed by atoms with Crippen molar-refractivity contribution in [3.05, 3.63) is 110 Å². The lowest BCUT2D eigenvalue weighted by atomic mass is 10.1. The monoisotopic (exact) mass is 367 g/mol. The van der Waals surface area contributed by atoms with Crippen LogP contribution in [0.15, 0.2) is 82.4 Å². The summed E-state index contributed by atoms with van der Waals surface area (Å²) in [5.41, 5.74) is 2.41. The summed E-state index contributed by atoms with van der Waals surface area (Å²) in [7, 11) is 0. The lowest BCUT2D eigenvalue weighted by Crippen LogP contribution is -2.39. The molecule has 0 atom stereocenters. The first-order chi connectivity index (χ1) is 13.6. The Morgan fingerprint density at radius 2 is 1.57 bits per heavy atom. The smallest absolute Gasteiger partial charge is 0.288 e. The minimum Gasteiger partial charge on any atom is -0.288 e. The van der Waals surface area contributed by atoms with Crippen LogP contribution in [0, 0.1) is 18.3 Å². The standard InChI is InChI=1S/C23H17N3O2/c1-16-8-2-6-12-20(16)26-22(27)19-11-5-7-13-21(19)25(23(26)28)15-18-10-4-3-9-17(18)14-24/h2-13H,15H2,1H3. The maximum Gasteiger partial charge on any atom is 0.336 e. The molecule has 0 aliphatic heterocycles. The Hall–Kier alpha value is -3.91. The Labute approximate surface area is 161 Å². The molecule has 1 heterocycles. The topological polar surface area (TPSA) is 67.8 Å². The molecule has 5 heteroatoms. The van der Waals surface area contributed by atoms with Gasteiger partial charge in [0.25, 0.3) is 5.56 Å². The lowest BCUT2D eigenvalue weighted by Gasteiger charge is -2.16. The Balaban J connectivity index is 2.07. The van der Waals surface area contributed by atoms with Gasteiger partial charge in [-0.15, -0.1) is 0 Å². The van der Waals surface area contributed by atoms with Gasteiger partial charge < -0.3 is 0 Å². The number of nitriles is 1. The number of hydrogen-bond donors (Lipinski definition) is 0. The second-order valence-electron chi connectivity index (χ2n) is 6.58. The van der Waals surface area contributed by atoms with Gasteiger partial charge >= 0.3 is 5.69 Å². The van der Waals surface area contributed by atoms with E-state index in [0.29, 0.717) is 22.2 Å². The number of aryl methyl sites for hydroxylation is 1. The van der Waals surface area contributed by atoms with Crippen molar-refractivity contribution in [2.45, 2.75) is 13.5 Å². The zero-order chi connectivity index (χ0) is 19.7. The summed E-state index contributed by atoms with van der Waals surface area (Å²) in [6, 6.07) is 23.7. The van der Waals surface area contributed by atoms with Crippen LogP contribution in [0.3, 0.4) is 0 Å². The van der Waals surface area contributed by atoms with E-state index in [9.17, 15) is 14.9 Å². The number of nitrogens with zero attached hydrogens (tertiary/aromatic N) is 3. The molecule has 3 aromatic carbocycles. The van der Waals surface area contributed by atoms with Crippen LogP contribution in [-0.2, 0) is 6.54 Å². The fraction of sp³-hybridized carbons (Fsp3) is 0.0870.